The van der Waals surface area contributed by atoms with Crippen LogP contribution in [0.3, 0.4) is 0 Å². The number of ketones is 3. The van der Waals surface area contributed by atoms with Gasteiger partial charge in [-0.25, -0.2) is 0 Å². The van der Waals surface area contributed by atoms with Gasteiger partial charge in [-0.1, -0.05) is 44.2 Å². The maximum atomic E-state index is 13.6. The molecule has 1 aliphatic carbocycles. The third-order valence-corrected chi connectivity index (χ3v) is 6.98. The molecule has 0 aromatic heterocycles. The van der Waals surface area contributed by atoms with Crippen molar-refractivity contribution in [3.05, 3.63) is 64.4 Å². The summed E-state index contributed by atoms with van der Waals surface area (Å²) in [5.41, 5.74) is -2.77. The van der Waals surface area contributed by atoms with E-state index < -0.39 is 57.1 Å². The Balaban J connectivity index is 2.27. The van der Waals surface area contributed by atoms with Crippen LogP contribution in [0.25, 0.3) is 0 Å². The van der Waals surface area contributed by atoms with Crippen molar-refractivity contribution >= 4 is 17.3 Å². The Morgan fingerprint density at radius 3 is 2.03 bits per heavy atom. The van der Waals surface area contributed by atoms with Crippen LogP contribution in [-0.4, -0.2) is 37.8 Å². The molecule has 4 N–H and O–H groups in total. The number of hydrogen-bond acceptors (Lipinski definition) is 7. The highest BCUT2D eigenvalue weighted by Crippen LogP contribution is 2.52. The maximum absolute atomic E-state index is 13.6. The van der Waals surface area contributed by atoms with E-state index in [0.29, 0.717) is 5.56 Å². The molecule has 0 amide bonds. The minimum Gasteiger partial charge on any atom is -0.511 e. The summed E-state index contributed by atoms with van der Waals surface area (Å²) in [6.07, 6.45) is 0.103. The first-order valence-corrected chi connectivity index (χ1v) is 12.0. The van der Waals surface area contributed by atoms with Crippen molar-refractivity contribution < 1.29 is 34.8 Å². The lowest BCUT2D eigenvalue weighted by Gasteiger charge is -2.41. The van der Waals surface area contributed by atoms with Gasteiger partial charge in [0.2, 0.25) is 0 Å². The molecule has 1 atom stereocenters. The third-order valence-electron chi connectivity index (χ3n) is 6.98. The number of rotatable bonds is 7. The fraction of sp³-hybridized carbons (Fsp3) is 0.414. The Morgan fingerprint density at radius 1 is 0.889 bits per heavy atom. The summed E-state index contributed by atoms with van der Waals surface area (Å²) in [5.74, 6) is -4.93. The lowest BCUT2D eigenvalue weighted by molar-refractivity contribution is -0.144. The molecule has 0 aliphatic heterocycles. The van der Waals surface area contributed by atoms with Crippen LogP contribution in [-0.2, 0) is 16.0 Å². The Bertz CT molecular complexity index is 1250. The molecule has 3 rings (SSSR count). The zero-order chi connectivity index (χ0) is 27.2. The summed E-state index contributed by atoms with van der Waals surface area (Å²) >= 11 is 0. The summed E-state index contributed by atoms with van der Waals surface area (Å²) in [5, 5.41) is 43.8. The van der Waals surface area contributed by atoms with Crippen LogP contribution >= 0.6 is 0 Å². The maximum Gasteiger partial charge on any atom is 0.175 e. The molecule has 7 nitrogen and oxygen atoms in total. The third kappa shape index (κ3) is 4.50. The molecule has 0 heterocycles. The van der Waals surface area contributed by atoms with Crippen LogP contribution in [0, 0.1) is 16.7 Å². The highest BCUT2D eigenvalue weighted by molar-refractivity contribution is 6.19. The van der Waals surface area contributed by atoms with Gasteiger partial charge in [0.25, 0.3) is 0 Å². The number of aliphatic hydroxyl groups is 1. The predicted molar refractivity (Wildman–Crippen MR) is 135 cm³/mol. The van der Waals surface area contributed by atoms with Crippen LogP contribution in [0.4, 0.5) is 0 Å². The van der Waals surface area contributed by atoms with Gasteiger partial charge in [0, 0.05) is 29.5 Å². The fourth-order valence-electron chi connectivity index (χ4n) is 5.09. The Morgan fingerprint density at radius 2 is 1.47 bits per heavy atom. The van der Waals surface area contributed by atoms with Crippen LogP contribution < -0.4 is 0 Å². The molecule has 2 aromatic rings. The minimum absolute atomic E-state index is 0.0666. The molecule has 36 heavy (non-hydrogen) atoms. The topological polar surface area (TPSA) is 132 Å². The number of phenols is 3. The van der Waals surface area contributed by atoms with Crippen molar-refractivity contribution in [2.24, 2.45) is 16.7 Å². The smallest absolute Gasteiger partial charge is 0.175 e. The zero-order valence-electron chi connectivity index (χ0n) is 21.5. The molecule has 0 radical (unpaired) electrons. The normalized spacial score (nSPS) is 18.0. The summed E-state index contributed by atoms with van der Waals surface area (Å²) in [4.78, 5) is 39.7. The molecular formula is C29H34O7. The van der Waals surface area contributed by atoms with Crippen LogP contribution in [0.2, 0.25) is 0 Å². The molecule has 192 valence electrons. The molecule has 2 aromatic carbocycles. The highest BCUT2D eigenvalue weighted by Gasteiger charge is 2.55. The van der Waals surface area contributed by atoms with Gasteiger partial charge in [0.05, 0.1) is 10.8 Å². The predicted octanol–water partition coefficient (Wildman–Crippen LogP) is 5.37. The zero-order valence-corrected chi connectivity index (χ0v) is 21.5. The summed E-state index contributed by atoms with van der Waals surface area (Å²) in [7, 11) is 0. The fourth-order valence-corrected chi connectivity index (χ4v) is 5.09. The second-order valence-electron chi connectivity index (χ2n) is 11.0. The molecule has 0 bridgehead atoms. The van der Waals surface area contributed by atoms with E-state index in [4.69, 9.17) is 0 Å². The van der Waals surface area contributed by atoms with Gasteiger partial charge in [-0.05, 0) is 45.6 Å². The van der Waals surface area contributed by atoms with Gasteiger partial charge in [-0.2, -0.15) is 0 Å². The van der Waals surface area contributed by atoms with Crippen molar-refractivity contribution in [2.75, 3.05) is 0 Å². The van der Waals surface area contributed by atoms with E-state index in [1.54, 1.807) is 30.3 Å². The van der Waals surface area contributed by atoms with Crippen LogP contribution in [0.1, 0.15) is 75.4 Å². The molecule has 0 spiro atoms. The van der Waals surface area contributed by atoms with Crippen molar-refractivity contribution in [1.82, 2.24) is 0 Å². The lowest BCUT2D eigenvalue weighted by atomic mass is 9.60. The number of aliphatic hydroxyl groups excluding tert-OH is 1. The first kappa shape index (κ1) is 27.0. The number of hydrogen-bond donors (Lipinski definition) is 4. The molecule has 0 saturated heterocycles. The van der Waals surface area contributed by atoms with Crippen molar-refractivity contribution in [1.29, 1.82) is 0 Å². The first-order chi connectivity index (χ1) is 16.6. The second kappa shape index (κ2) is 9.45. The Labute approximate surface area is 211 Å². The number of carbonyl (C=O) groups is 3. The van der Waals surface area contributed by atoms with Gasteiger partial charge < -0.3 is 20.4 Å². The number of aromatic hydroxyl groups is 3. The molecule has 7 heteroatoms. The number of allylic oxidation sites excluding steroid dienone is 2. The standard InChI is InChI=1S/C29H34O7/c1-15(2)12-17(22-25(34)28(3,4)27(36)29(5,6)26(22)35)21-19(31)14-20(32)23(24(21)33)18(30)13-16-10-8-7-9-11-16/h7-11,14-15,17,31-34H,12-13H2,1-6H3. The minimum atomic E-state index is -1.45. The van der Waals surface area contributed by atoms with Gasteiger partial charge in [-0.3, -0.25) is 14.4 Å². The number of benzene rings is 2. The highest BCUT2D eigenvalue weighted by atomic mass is 16.3. The van der Waals surface area contributed by atoms with E-state index in [1.165, 1.54) is 27.7 Å². The summed E-state index contributed by atoms with van der Waals surface area (Å²) in [6.45, 7) is 9.77. The average molecular weight is 495 g/mol. The second-order valence-corrected chi connectivity index (χ2v) is 11.0. The van der Waals surface area contributed by atoms with E-state index in [0.717, 1.165) is 6.07 Å². The van der Waals surface area contributed by atoms with E-state index in [2.05, 4.69) is 0 Å². The summed E-state index contributed by atoms with van der Waals surface area (Å²) in [6, 6.07) is 9.76. The van der Waals surface area contributed by atoms with E-state index in [-0.39, 0.29) is 35.5 Å². The number of carbonyl (C=O) groups excluding carboxylic acids is 3. The van der Waals surface area contributed by atoms with Gasteiger partial charge in [0.1, 0.15) is 28.6 Å². The largest absolute Gasteiger partial charge is 0.511 e. The van der Waals surface area contributed by atoms with Gasteiger partial charge in [-0.15, -0.1) is 0 Å². The average Bonchev–Trinajstić information content (AvgIpc) is 2.77. The summed E-state index contributed by atoms with van der Waals surface area (Å²) < 4.78 is 0. The van der Waals surface area contributed by atoms with Crippen molar-refractivity contribution in [3.8, 4) is 17.2 Å². The molecule has 0 saturated carbocycles. The van der Waals surface area contributed by atoms with Crippen LogP contribution in [0.5, 0.6) is 17.2 Å². The van der Waals surface area contributed by atoms with Gasteiger partial charge in [0.15, 0.2) is 17.3 Å². The van der Waals surface area contributed by atoms with E-state index >= 15 is 0 Å². The quantitative estimate of drug-likeness (QED) is 0.300. The van der Waals surface area contributed by atoms with Crippen LogP contribution in [0.15, 0.2) is 47.7 Å². The van der Waals surface area contributed by atoms with Crippen molar-refractivity contribution in [3.63, 3.8) is 0 Å². The number of phenolic OH excluding ortho intramolecular Hbond substituents is 3. The molecule has 1 aliphatic rings. The number of Topliss-reactive ketones (excluding diaryl/α,β-unsaturated/α-hetero) is 3. The molecule has 1 unspecified atom stereocenters. The molecule has 0 fully saturated rings. The van der Waals surface area contributed by atoms with Crippen molar-refractivity contribution in [2.45, 2.75) is 60.3 Å². The van der Waals surface area contributed by atoms with Gasteiger partial charge >= 0.3 is 0 Å². The first-order valence-electron chi connectivity index (χ1n) is 12.0. The monoisotopic (exact) mass is 494 g/mol. The van der Waals surface area contributed by atoms with E-state index in [1.807, 2.05) is 13.8 Å². The van der Waals surface area contributed by atoms with E-state index in [9.17, 15) is 34.8 Å². The molecular weight excluding hydrogens is 460 g/mol. The lowest BCUT2D eigenvalue weighted by Crippen LogP contribution is -2.49. The Kier molecular flexibility index (Phi) is 7.08. The SMILES string of the molecule is CC(C)CC(C1=C(O)C(C)(C)C(=O)C(C)(C)C1=O)c1c(O)cc(O)c(C(=O)Cc2ccccc2)c1O. The Hall–Kier alpha value is -3.61.